The first-order valence-electron chi connectivity index (χ1n) is 10.9. The summed E-state index contributed by atoms with van der Waals surface area (Å²) in [6.45, 7) is 2.51. The Morgan fingerprint density at radius 1 is 0.941 bits per heavy atom. The van der Waals surface area contributed by atoms with Crippen molar-refractivity contribution in [1.29, 1.82) is 0 Å². The molecule has 0 aromatic heterocycles. The Bertz CT molecular complexity index is 1200. The number of hydrogen-bond acceptors (Lipinski definition) is 5. The Kier molecular flexibility index (Phi) is 7.56. The average molecular weight is 484 g/mol. The maximum Gasteiger partial charge on any atom is 0.243 e. The molecule has 4 rings (SSSR count). The monoisotopic (exact) mass is 483 g/mol. The zero-order chi connectivity index (χ0) is 24.0. The lowest BCUT2D eigenvalue weighted by molar-refractivity contribution is -0.116. The van der Waals surface area contributed by atoms with Crippen LogP contribution in [0.5, 0.6) is 0 Å². The van der Waals surface area contributed by atoms with E-state index in [0.717, 1.165) is 23.1 Å². The third-order valence-electron chi connectivity index (χ3n) is 5.50. The van der Waals surface area contributed by atoms with Gasteiger partial charge in [-0.15, -0.1) is 0 Å². The van der Waals surface area contributed by atoms with Gasteiger partial charge in [-0.05, 0) is 54.1 Å². The highest BCUT2D eigenvalue weighted by Crippen LogP contribution is 2.21. The number of carbonyl (C=O) groups excluding carboxylic acids is 1. The van der Waals surface area contributed by atoms with Crippen LogP contribution in [0, 0.1) is 5.82 Å². The summed E-state index contributed by atoms with van der Waals surface area (Å²) in [4.78, 5) is 15.1. The number of hydrogen-bond donors (Lipinski definition) is 1. The van der Waals surface area contributed by atoms with Gasteiger partial charge in [0.2, 0.25) is 15.9 Å². The molecule has 0 atom stereocenters. The number of halogens is 1. The van der Waals surface area contributed by atoms with Crippen LogP contribution in [0.1, 0.15) is 5.56 Å². The number of rotatable bonds is 8. The molecular formula is C25H26FN3O4S. The number of nitrogens with zero attached hydrogens (tertiary/aromatic N) is 2. The van der Waals surface area contributed by atoms with E-state index in [9.17, 15) is 17.6 Å². The van der Waals surface area contributed by atoms with Gasteiger partial charge in [0.1, 0.15) is 5.82 Å². The predicted octanol–water partition coefficient (Wildman–Crippen LogP) is 3.49. The topological polar surface area (TPSA) is 79.0 Å². The van der Waals surface area contributed by atoms with Crippen molar-refractivity contribution in [2.24, 2.45) is 0 Å². The zero-order valence-electron chi connectivity index (χ0n) is 18.6. The van der Waals surface area contributed by atoms with E-state index >= 15 is 0 Å². The van der Waals surface area contributed by atoms with Gasteiger partial charge in [0.15, 0.2) is 0 Å². The summed E-state index contributed by atoms with van der Waals surface area (Å²) in [7, 11) is -3.96. The smallest absolute Gasteiger partial charge is 0.243 e. The molecule has 7 nitrogen and oxygen atoms in total. The lowest BCUT2D eigenvalue weighted by Crippen LogP contribution is -2.37. The Hall–Kier alpha value is -3.27. The zero-order valence-corrected chi connectivity index (χ0v) is 19.4. The molecule has 1 fully saturated rings. The fourth-order valence-electron chi connectivity index (χ4n) is 3.70. The van der Waals surface area contributed by atoms with E-state index in [1.807, 2.05) is 12.1 Å². The maximum absolute atomic E-state index is 13.3. The minimum atomic E-state index is -3.96. The van der Waals surface area contributed by atoms with Crippen LogP contribution >= 0.6 is 0 Å². The van der Waals surface area contributed by atoms with Crippen LogP contribution in [0.3, 0.4) is 0 Å². The molecule has 1 aliphatic heterocycles. The van der Waals surface area contributed by atoms with Gasteiger partial charge >= 0.3 is 0 Å². The first-order chi connectivity index (χ1) is 16.4. The fourth-order valence-corrected chi connectivity index (χ4v) is 5.10. The van der Waals surface area contributed by atoms with Crippen molar-refractivity contribution in [1.82, 2.24) is 4.31 Å². The molecule has 3 aromatic rings. The number of sulfonamides is 1. The summed E-state index contributed by atoms with van der Waals surface area (Å²) >= 11 is 0. The number of benzene rings is 3. The van der Waals surface area contributed by atoms with E-state index in [2.05, 4.69) is 10.2 Å². The molecule has 9 heteroatoms. The first kappa shape index (κ1) is 23.9. The third-order valence-corrected chi connectivity index (χ3v) is 7.31. The minimum absolute atomic E-state index is 0.0686. The largest absolute Gasteiger partial charge is 0.378 e. The van der Waals surface area contributed by atoms with Crippen molar-refractivity contribution < 1.29 is 22.3 Å². The summed E-state index contributed by atoms with van der Waals surface area (Å²) in [5.74, 6) is -0.889. The average Bonchev–Trinajstić information content (AvgIpc) is 2.86. The molecule has 0 saturated carbocycles. The second kappa shape index (κ2) is 10.8. The summed E-state index contributed by atoms with van der Waals surface area (Å²) in [5, 5.41) is 2.77. The summed E-state index contributed by atoms with van der Waals surface area (Å²) in [5.41, 5.74) is 2.18. The van der Waals surface area contributed by atoms with Crippen LogP contribution in [-0.4, -0.2) is 51.5 Å². The van der Waals surface area contributed by atoms with Crippen molar-refractivity contribution in [2.75, 3.05) is 43.1 Å². The number of amides is 1. The molecule has 178 valence electrons. The Labute approximate surface area is 198 Å². The number of morpholine rings is 1. The van der Waals surface area contributed by atoms with Gasteiger partial charge in [0, 0.05) is 31.0 Å². The molecular weight excluding hydrogens is 457 g/mol. The van der Waals surface area contributed by atoms with E-state index in [4.69, 9.17) is 4.74 Å². The highest BCUT2D eigenvalue weighted by Gasteiger charge is 2.27. The van der Waals surface area contributed by atoms with Gasteiger partial charge in [0.25, 0.3) is 0 Å². The van der Waals surface area contributed by atoms with Crippen LogP contribution in [0.4, 0.5) is 15.8 Å². The quantitative estimate of drug-likeness (QED) is 0.531. The second-order valence-electron chi connectivity index (χ2n) is 7.91. The molecule has 0 bridgehead atoms. The van der Waals surface area contributed by atoms with Gasteiger partial charge in [-0.1, -0.05) is 30.3 Å². The SMILES string of the molecule is O=C(CN(Cc1ccc(F)cc1)S(=O)(=O)c1ccccc1)Nc1ccc(N2CCOCC2)cc1. The molecule has 0 aliphatic carbocycles. The van der Waals surface area contributed by atoms with Crippen molar-refractivity contribution in [3.05, 3.63) is 90.2 Å². The standard InChI is InChI=1S/C25H26FN3O4S/c26-21-8-6-20(7-9-21)18-29(34(31,32)24-4-2-1-3-5-24)19-25(30)27-22-10-12-23(13-11-22)28-14-16-33-17-15-28/h1-13H,14-19H2,(H,27,30). The fraction of sp³-hybridized carbons (Fsp3) is 0.240. The number of carbonyl (C=O) groups is 1. The molecule has 1 N–H and O–H groups in total. The van der Waals surface area contributed by atoms with Crippen LogP contribution in [0.15, 0.2) is 83.8 Å². The van der Waals surface area contributed by atoms with Crippen LogP contribution in [0.25, 0.3) is 0 Å². The van der Waals surface area contributed by atoms with Crippen molar-refractivity contribution in [2.45, 2.75) is 11.4 Å². The highest BCUT2D eigenvalue weighted by molar-refractivity contribution is 7.89. The Balaban J connectivity index is 1.48. The van der Waals surface area contributed by atoms with Crippen molar-refractivity contribution in [3.8, 4) is 0 Å². The Morgan fingerprint density at radius 3 is 2.24 bits per heavy atom. The predicted molar refractivity (Wildman–Crippen MR) is 129 cm³/mol. The first-order valence-corrected chi connectivity index (χ1v) is 12.4. The normalized spacial score (nSPS) is 14.2. The van der Waals surface area contributed by atoms with Crippen LogP contribution < -0.4 is 10.2 Å². The number of nitrogens with one attached hydrogen (secondary N) is 1. The van der Waals surface area contributed by atoms with E-state index in [1.165, 1.54) is 36.4 Å². The lowest BCUT2D eigenvalue weighted by atomic mass is 10.2. The van der Waals surface area contributed by atoms with Crippen LogP contribution in [0.2, 0.25) is 0 Å². The molecule has 0 spiro atoms. The number of ether oxygens (including phenoxy) is 1. The van der Waals surface area contributed by atoms with Crippen molar-refractivity contribution in [3.63, 3.8) is 0 Å². The van der Waals surface area contributed by atoms with Gasteiger partial charge in [-0.2, -0.15) is 4.31 Å². The second-order valence-corrected chi connectivity index (χ2v) is 9.85. The summed E-state index contributed by atoms with van der Waals surface area (Å²) < 4.78 is 46.3. The van der Waals surface area contributed by atoms with E-state index in [0.29, 0.717) is 24.5 Å². The molecule has 34 heavy (non-hydrogen) atoms. The highest BCUT2D eigenvalue weighted by atomic mass is 32.2. The van der Waals surface area contributed by atoms with Crippen LogP contribution in [-0.2, 0) is 26.1 Å². The van der Waals surface area contributed by atoms with E-state index in [-0.39, 0.29) is 18.0 Å². The molecule has 1 saturated heterocycles. The van der Waals surface area contributed by atoms with Gasteiger partial charge in [-0.25, -0.2) is 12.8 Å². The maximum atomic E-state index is 13.3. The summed E-state index contributed by atoms with van der Waals surface area (Å²) in [6, 6.07) is 20.9. The molecule has 0 unspecified atom stereocenters. The lowest BCUT2D eigenvalue weighted by Gasteiger charge is -2.29. The number of anilines is 2. The van der Waals surface area contributed by atoms with E-state index < -0.39 is 21.7 Å². The van der Waals surface area contributed by atoms with Gasteiger partial charge in [-0.3, -0.25) is 4.79 Å². The Morgan fingerprint density at radius 2 is 1.59 bits per heavy atom. The summed E-state index contributed by atoms with van der Waals surface area (Å²) in [6.07, 6.45) is 0. The van der Waals surface area contributed by atoms with Gasteiger partial charge < -0.3 is 15.0 Å². The molecule has 1 aliphatic rings. The molecule has 0 radical (unpaired) electrons. The third kappa shape index (κ3) is 5.99. The molecule has 1 amide bonds. The van der Waals surface area contributed by atoms with Crippen molar-refractivity contribution >= 4 is 27.3 Å². The minimum Gasteiger partial charge on any atom is -0.378 e. The van der Waals surface area contributed by atoms with Gasteiger partial charge in [0.05, 0.1) is 24.7 Å². The van der Waals surface area contributed by atoms with E-state index in [1.54, 1.807) is 30.3 Å². The molecule has 3 aromatic carbocycles. The molecule has 1 heterocycles.